The van der Waals surface area contributed by atoms with Gasteiger partial charge in [-0.25, -0.2) is 0 Å². The molecule has 0 saturated heterocycles. The molecule has 1 N–H and O–H groups in total. The van der Waals surface area contributed by atoms with Gasteiger partial charge in [-0.15, -0.1) is 10.2 Å². The molecule has 29 heavy (non-hydrogen) atoms. The molecule has 1 aliphatic rings. The van der Waals surface area contributed by atoms with Gasteiger partial charge in [0.15, 0.2) is 6.61 Å². The summed E-state index contributed by atoms with van der Waals surface area (Å²) in [7, 11) is 0. The summed E-state index contributed by atoms with van der Waals surface area (Å²) >= 11 is 6.10. The van der Waals surface area contributed by atoms with Gasteiger partial charge < -0.3 is 10.1 Å². The van der Waals surface area contributed by atoms with Gasteiger partial charge in [0.1, 0.15) is 18.4 Å². The Morgan fingerprint density at radius 3 is 2.69 bits per heavy atom. The summed E-state index contributed by atoms with van der Waals surface area (Å²) in [4.78, 5) is 12.6. The van der Waals surface area contributed by atoms with E-state index in [1.165, 1.54) is 16.5 Å². The number of aromatic nitrogens is 3. The lowest BCUT2D eigenvalue weighted by Crippen LogP contribution is -2.20. The third-order valence-electron chi connectivity index (χ3n) is 5.13. The highest BCUT2D eigenvalue weighted by Crippen LogP contribution is 2.35. The lowest BCUT2D eigenvalue weighted by molar-refractivity contribution is -0.118. The molecule has 0 saturated carbocycles. The summed E-state index contributed by atoms with van der Waals surface area (Å²) < 4.78 is 7.46. The van der Waals surface area contributed by atoms with Crippen molar-refractivity contribution in [1.82, 2.24) is 14.8 Å². The van der Waals surface area contributed by atoms with Gasteiger partial charge in [-0.2, -0.15) is 0 Å². The molecular formula is C22H17ClN4O2. The molecule has 1 amide bonds. The zero-order chi connectivity index (χ0) is 19.8. The minimum atomic E-state index is -0.228. The molecule has 0 bridgehead atoms. The first-order valence-electron chi connectivity index (χ1n) is 9.30. The van der Waals surface area contributed by atoms with Gasteiger partial charge in [0.25, 0.3) is 5.91 Å². The zero-order valence-electron chi connectivity index (χ0n) is 15.4. The number of aryl methyl sites for hydroxylation is 2. The van der Waals surface area contributed by atoms with E-state index in [0.29, 0.717) is 16.5 Å². The normalized spacial score (nSPS) is 12.3. The van der Waals surface area contributed by atoms with Crippen LogP contribution in [0.5, 0.6) is 5.75 Å². The highest BCUT2D eigenvalue weighted by molar-refractivity contribution is 6.30. The maximum absolute atomic E-state index is 12.6. The summed E-state index contributed by atoms with van der Waals surface area (Å²) in [6.45, 7) is -0.125. The first-order chi connectivity index (χ1) is 14.2. The SMILES string of the molecule is O=C(COc1ccc(Cl)cc1-n1cnnc1)Nc1ccc2c3c(cccc13)CC2. The van der Waals surface area contributed by atoms with Crippen molar-refractivity contribution in [1.29, 1.82) is 0 Å². The number of nitrogens with one attached hydrogen (secondary N) is 1. The Bertz CT molecular complexity index is 1210. The fraction of sp³-hybridized carbons (Fsp3) is 0.136. The van der Waals surface area contributed by atoms with Gasteiger partial charge in [0.05, 0.1) is 5.69 Å². The molecule has 0 aliphatic heterocycles. The minimum Gasteiger partial charge on any atom is -0.482 e. The number of hydrogen-bond donors (Lipinski definition) is 1. The largest absolute Gasteiger partial charge is 0.482 e. The molecule has 6 nitrogen and oxygen atoms in total. The van der Waals surface area contributed by atoms with E-state index in [-0.39, 0.29) is 12.5 Å². The highest BCUT2D eigenvalue weighted by atomic mass is 35.5. The van der Waals surface area contributed by atoms with E-state index in [9.17, 15) is 4.79 Å². The number of benzene rings is 3. The Balaban J connectivity index is 1.35. The maximum atomic E-state index is 12.6. The van der Waals surface area contributed by atoms with Crippen LogP contribution in [0.15, 0.2) is 61.2 Å². The number of amides is 1. The average Bonchev–Trinajstić information content (AvgIpc) is 3.40. The number of anilines is 1. The van der Waals surface area contributed by atoms with Crippen LogP contribution in [0.3, 0.4) is 0 Å². The van der Waals surface area contributed by atoms with E-state index in [1.54, 1.807) is 35.4 Å². The molecule has 1 aliphatic carbocycles. The Morgan fingerprint density at radius 1 is 1.07 bits per heavy atom. The van der Waals surface area contributed by atoms with Gasteiger partial charge in [0.2, 0.25) is 0 Å². The van der Waals surface area contributed by atoms with Crippen molar-refractivity contribution in [3.05, 3.63) is 77.3 Å². The van der Waals surface area contributed by atoms with E-state index >= 15 is 0 Å². The molecule has 0 atom stereocenters. The van der Waals surface area contributed by atoms with Crippen molar-refractivity contribution in [3.63, 3.8) is 0 Å². The van der Waals surface area contributed by atoms with Crippen LogP contribution in [0.4, 0.5) is 5.69 Å². The maximum Gasteiger partial charge on any atom is 0.262 e. The fourth-order valence-corrected chi connectivity index (χ4v) is 3.99. The second-order valence-corrected chi connectivity index (χ2v) is 7.37. The van der Waals surface area contributed by atoms with E-state index in [2.05, 4.69) is 27.6 Å². The summed E-state index contributed by atoms with van der Waals surface area (Å²) in [5.74, 6) is 0.290. The molecule has 3 aromatic carbocycles. The van der Waals surface area contributed by atoms with Crippen LogP contribution >= 0.6 is 11.6 Å². The summed E-state index contributed by atoms with van der Waals surface area (Å²) in [5.41, 5.74) is 4.14. The van der Waals surface area contributed by atoms with Crippen molar-refractivity contribution in [3.8, 4) is 11.4 Å². The second kappa shape index (κ2) is 7.22. The molecule has 144 valence electrons. The predicted molar refractivity (Wildman–Crippen MR) is 112 cm³/mol. The summed E-state index contributed by atoms with van der Waals surface area (Å²) in [6, 6.07) is 15.5. The first kappa shape index (κ1) is 17.7. The lowest BCUT2D eigenvalue weighted by atomic mass is 10.0. The standard InChI is InChI=1S/C22H17ClN4O2/c23-16-7-9-20(19(10-16)27-12-24-25-13-27)29-11-21(28)26-18-8-6-15-5-4-14-2-1-3-17(18)22(14)15/h1-3,6-10,12-13H,4-5,11H2,(H,26,28). The number of ether oxygens (including phenoxy) is 1. The van der Waals surface area contributed by atoms with Crippen LogP contribution in [-0.4, -0.2) is 27.3 Å². The average molecular weight is 405 g/mol. The monoisotopic (exact) mass is 404 g/mol. The van der Waals surface area contributed by atoms with Crippen LogP contribution in [0.2, 0.25) is 5.02 Å². The number of rotatable bonds is 5. The molecule has 0 fully saturated rings. The second-order valence-electron chi connectivity index (χ2n) is 6.93. The molecule has 1 aromatic heterocycles. The van der Waals surface area contributed by atoms with Crippen LogP contribution in [0.1, 0.15) is 11.1 Å². The third-order valence-corrected chi connectivity index (χ3v) is 5.36. The quantitative estimate of drug-likeness (QED) is 0.541. The Labute approximate surface area is 172 Å². The zero-order valence-corrected chi connectivity index (χ0v) is 16.2. The first-order valence-corrected chi connectivity index (χ1v) is 9.67. The fourth-order valence-electron chi connectivity index (χ4n) is 3.82. The number of nitrogens with zero attached hydrogens (tertiary/aromatic N) is 3. The summed E-state index contributed by atoms with van der Waals surface area (Å²) in [5, 5.41) is 13.5. The molecule has 0 radical (unpaired) electrons. The minimum absolute atomic E-state index is 0.125. The van der Waals surface area contributed by atoms with E-state index < -0.39 is 0 Å². The third kappa shape index (κ3) is 3.32. The van der Waals surface area contributed by atoms with Gasteiger partial charge in [0, 0.05) is 16.1 Å². The topological polar surface area (TPSA) is 69.0 Å². The van der Waals surface area contributed by atoms with Crippen molar-refractivity contribution >= 4 is 34.0 Å². The molecule has 5 rings (SSSR count). The molecule has 0 spiro atoms. The smallest absolute Gasteiger partial charge is 0.262 e. The van der Waals surface area contributed by atoms with Gasteiger partial charge in [-0.05, 0) is 53.6 Å². The van der Waals surface area contributed by atoms with Crippen LogP contribution < -0.4 is 10.1 Å². The molecule has 1 heterocycles. The number of hydrogen-bond acceptors (Lipinski definition) is 4. The molecular weight excluding hydrogens is 388 g/mol. The van der Waals surface area contributed by atoms with E-state index in [0.717, 1.165) is 23.9 Å². The van der Waals surface area contributed by atoms with Crippen molar-refractivity contribution < 1.29 is 9.53 Å². The van der Waals surface area contributed by atoms with Gasteiger partial charge in [-0.1, -0.05) is 35.9 Å². The van der Waals surface area contributed by atoms with Crippen LogP contribution in [-0.2, 0) is 17.6 Å². The van der Waals surface area contributed by atoms with Crippen LogP contribution in [0, 0.1) is 0 Å². The molecule has 7 heteroatoms. The number of halogens is 1. The summed E-state index contributed by atoms with van der Waals surface area (Å²) in [6.07, 6.45) is 5.20. The van der Waals surface area contributed by atoms with E-state index in [1.807, 2.05) is 18.2 Å². The Hall–Kier alpha value is -3.38. The Morgan fingerprint density at radius 2 is 1.86 bits per heavy atom. The van der Waals surface area contributed by atoms with Crippen molar-refractivity contribution in [2.24, 2.45) is 0 Å². The van der Waals surface area contributed by atoms with Crippen molar-refractivity contribution in [2.45, 2.75) is 12.8 Å². The number of carbonyl (C=O) groups excluding carboxylic acids is 1. The van der Waals surface area contributed by atoms with E-state index in [4.69, 9.17) is 16.3 Å². The van der Waals surface area contributed by atoms with Crippen molar-refractivity contribution in [2.75, 3.05) is 11.9 Å². The Kier molecular flexibility index (Phi) is 4.41. The lowest BCUT2D eigenvalue weighted by Gasteiger charge is -2.13. The van der Waals surface area contributed by atoms with Crippen LogP contribution in [0.25, 0.3) is 16.5 Å². The predicted octanol–water partition coefficient (Wildman–Crippen LogP) is 4.19. The molecule has 0 unspecified atom stereocenters. The van der Waals surface area contributed by atoms with Gasteiger partial charge >= 0.3 is 0 Å². The molecule has 4 aromatic rings. The highest BCUT2D eigenvalue weighted by Gasteiger charge is 2.17. The number of carbonyl (C=O) groups is 1. The van der Waals surface area contributed by atoms with Gasteiger partial charge in [-0.3, -0.25) is 9.36 Å².